The second-order valence-corrected chi connectivity index (χ2v) is 6.85. The topological polar surface area (TPSA) is 45.2 Å². The fourth-order valence-electron chi connectivity index (χ4n) is 3.21. The number of pyridine rings is 1. The van der Waals surface area contributed by atoms with E-state index in [1.54, 1.807) is 6.08 Å². The Balaban J connectivity index is 1.52. The third kappa shape index (κ3) is 4.42. The minimum Gasteiger partial charge on any atom is -0.352 e. The highest BCUT2D eigenvalue weighted by Gasteiger charge is 2.22. The molecule has 24 heavy (non-hydrogen) atoms. The highest BCUT2D eigenvalue weighted by atomic mass is 16.1. The first kappa shape index (κ1) is 16.7. The maximum absolute atomic E-state index is 11.7. The first-order valence-corrected chi connectivity index (χ1v) is 8.60. The molecule has 0 saturated carbocycles. The third-order valence-corrected chi connectivity index (χ3v) is 4.40. The van der Waals surface area contributed by atoms with E-state index in [1.807, 2.05) is 26.0 Å². The quantitative estimate of drug-likeness (QED) is 0.860. The van der Waals surface area contributed by atoms with E-state index in [4.69, 9.17) is 4.98 Å². The molecule has 1 N–H and O–H groups in total. The van der Waals surface area contributed by atoms with Crippen LogP contribution in [0.15, 0.2) is 48.0 Å². The van der Waals surface area contributed by atoms with Gasteiger partial charge in [-0.2, -0.15) is 0 Å². The Bertz CT molecular complexity index is 749. The second kappa shape index (κ2) is 7.58. The van der Waals surface area contributed by atoms with Crippen molar-refractivity contribution in [3.05, 3.63) is 53.7 Å². The number of nitrogens with zero attached hydrogens (tertiary/aromatic N) is 2. The van der Waals surface area contributed by atoms with E-state index in [0.29, 0.717) is 5.92 Å². The van der Waals surface area contributed by atoms with Gasteiger partial charge in [-0.3, -0.25) is 14.7 Å². The molecule has 0 unspecified atom stereocenters. The molecular formula is C20H25N3O. The lowest BCUT2D eigenvalue weighted by Crippen LogP contribution is -2.30. The Morgan fingerprint density at radius 1 is 1.29 bits per heavy atom. The molecule has 1 aromatic carbocycles. The number of aromatic nitrogens is 1. The van der Waals surface area contributed by atoms with Crippen molar-refractivity contribution in [2.45, 2.75) is 26.8 Å². The molecule has 2 heterocycles. The average molecular weight is 323 g/mol. The van der Waals surface area contributed by atoms with Crippen LogP contribution in [0.3, 0.4) is 0 Å². The number of para-hydroxylation sites is 1. The van der Waals surface area contributed by atoms with Gasteiger partial charge in [0.1, 0.15) is 0 Å². The minimum atomic E-state index is 0.0182. The minimum absolute atomic E-state index is 0.0182. The molecule has 0 bridgehead atoms. The molecular weight excluding hydrogens is 298 g/mol. The van der Waals surface area contributed by atoms with Crippen LogP contribution in [0.25, 0.3) is 10.9 Å². The van der Waals surface area contributed by atoms with Crippen molar-refractivity contribution >= 4 is 16.8 Å². The number of likely N-dealkylation sites (tertiary alicyclic amines) is 1. The molecule has 1 saturated heterocycles. The Morgan fingerprint density at radius 3 is 2.96 bits per heavy atom. The summed E-state index contributed by atoms with van der Waals surface area (Å²) in [6, 6.07) is 12.5. The van der Waals surface area contributed by atoms with E-state index in [-0.39, 0.29) is 5.91 Å². The van der Waals surface area contributed by atoms with E-state index in [0.717, 1.165) is 49.4 Å². The van der Waals surface area contributed by atoms with Crippen LogP contribution in [0, 0.1) is 5.92 Å². The molecule has 2 aromatic rings. The van der Waals surface area contributed by atoms with Gasteiger partial charge in [0.2, 0.25) is 5.91 Å². The predicted molar refractivity (Wildman–Crippen MR) is 97.6 cm³/mol. The number of hydrogen-bond donors (Lipinski definition) is 1. The SMILES string of the molecule is CC(C)=CC(=O)NC[C@@H]1CCN(Cc2ccc3ccccc3n2)C1. The number of hydrogen-bond acceptors (Lipinski definition) is 3. The van der Waals surface area contributed by atoms with Crippen LogP contribution in [0.2, 0.25) is 0 Å². The van der Waals surface area contributed by atoms with Crippen molar-refractivity contribution in [1.82, 2.24) is 15.2 Å². The van der Waals surface area contributed by atoms with Gasteiger partial charge in [-0.25, -0.2) is 0 Å². The normalized spacial score (nSPS) is 17.8. The number of allylic oxidation sites excluding steroid dienone is 1. The summed E-state index contributed by atoms with van der Waals surface area (Å²) in [6.07, 6.45) is 2.79. The monoisotopic (exact) mass is 323 g/mol. The second-order valence-electron chi connectivity index (χ2n) is 6.85. The Labute approximate surface area is 143 Å². The van der Waals surface area contributed by atoms with Gasteiger partial charge in [0.15, 0.2) is 0 Å². The first-order valence-electron chi connectivity index (χ1n) is 8.60. The fourth-order valence-corrected chi connectivity index (χ4v) is 3.21. The highest BCUT2D eigenvalue weighted by molar-refractivity contribution is 5.88. The lowest BCUT2D eigenvalue weighted by molar-refractivity contribution is -0.116. The van der Waals surface area contributed by atoms with Crippen LogP contribution in [0.1, 0.15) is 26.0 Å². The standard InChI is InChI=1S/C20H25N3O/c1-15(2)11-20(24)21-12-16-9-10-23(13-16)14-18-8-7-17-5-3-4-6-19(17)22-18/h3-8,11,16H,9-10,12-14H2,1-2H3,(H,21,24)/t16-/m0/s1. The lowest BCUT2D eigenvalue weighted by Gasteiger charge is -2.16. The highest BCUT2D eigenvalue weighted by Crippen LogP contribution is 2.19. The molecule has 1 aliphatic rings. The zero-order valence-electron chi connectivity index (χ0n) is 14.5. The van der Waals surface area contributed by atoms with E-state index in [9.17, 15) is 4.79 Å². The summed E-state index contributed by atoms with van der Waals surface area (Å²) < 4.78 is 0. The number of rotatable bonds is 5. The summed E-state index contributed by atoms with van der Waals surface area (Å²) in [5.41, 5.74) is 3.20. The number of nitrogens with one attached hydrogen (secondary N) is 1. The van der Waals surface area contributed by atoms with Crippen molar-refractivity contribution in [3.63, 3.8) is 0 Å². The number of carbonyl (C=O) groups is 1. The Kier molecular flexibility index (Phi) is 5.26. The van der Waals surface area contributed by atoms with E-state index < -0.39 is 0 Å². The summed E-state index contributed by atoms with van der Waals surface area (Å²) in [7, 11) is 0. The van der Waals surface area contributed by atoms with Crippen LogP contribution >= 0.6 is 0 Å². The van der Waals surface area contributed by atoms with E-state index >= 15 is 0 Å². The molecule has 1 aliphatic heterocycles. The van der Waals surface area contributed by atoms with Crippen LogP contribution in [-0.2, 0) is 11.3 Å². The fraction of sp³-hybridized carbons (Fsp3) is 0.400. The van der Waals surface area contributed by atoms with Crippen molar-refractivity contribution in [3.8, 4) is 0 Å². The average Bonchev–Trinajstić information content (AvgIpc) is 3.00. The van der Waals surface area contributed by atoms with Crippen LogP contribution in [0.5, 0.6) is 0 Å². The molecule has 1 fully saturated rings. The van der Waals surface area contributed by atoms with Gasteiger partial charge >= 0.3 is 0 Å². The summed E-state index contributed by atoms with van der Waals surface area (Å²) in [6.45, 7) is 7.59. The van der Waals surface area contributed by atoms with Gasteiger partial charge in [0.25, 0.3) is 0 Å². The molecule has 0 radical (unpaired) electrons. The van der Waals surface area contributed by atoms with Crippen molar-refractivity contribution < 1.29 is 4.79 Å². The summed E-state index contributed by atoms with van der Waals surface area (Å²) in [4.78, 5) is 18.9. The molecule has 126 valence electrons. The van der Waals surface area contributed by atoms with Crippen LogP contribution in [-0.4, -0.2) is 35.4 Å². The first-order chi connectivity index (χ1) is 11.6. The maximum Gasteiger partial charge on any atom is 0.243 e. The van der Waals surface area contributed by atoms with Gasteiger partial charge < -0.3 is 5.32 Å². The molecule has 4 heteroatoms. The van der Waals surface area contributed by atoms with Crippen LogP contribution < -0.4 is 5.32 Å². The number of carbonyl (C=O) groups excluding carboxylic acids is 1. The predicted octanol–water partition coefficient (Wildman–Crippen LogP) is 3.14. The van der Waals surface area contributed by atoms with Crippen molar-refractivity contribution in [2.24, 2.45) is 5.92 Å². The van der Waals surface area contributed by atoms with Gasteiger partial charge in [0.05, 0.1) is 11.2 Å². The van der Waals surface area contributed by atoms with Gasteiger partial charge in [-0.15, -0.1) is 0 Å². The third-order valence-electron chi connectivity index (χ3n) is 4.40. The summed E-state index contributed by atoms with van der Waals surface area (Å²) in [5, 5.41) is 4.19. The Hall–Kier alpha value is -2.20. The molecule has 1 aromatic heterocycles. The largest absolute Gasteiger partial charge is 0.352 e. The number of benzene rings is 1. The van der Waals surface area contributed by atoms with E-state index in [2.05, 4.69) is 34.5 Å². The number of amides is 1. The smallest absolute Gasteiger partial charge is 0.243 e. The van der Waals surface area contributed by atoms with Crippen LogP contribution in [0.4, 0.5) is 0 Å². The zero-order chi connectivity index (χ0) is 16.9. The van der Waals surface area contributed by atoms with Crippen molar-refractivity contribution in [1.29, 1.82) is 0 Å². The molecule has 3 rings (SSSR count). The lowest BCUT2D eigenvalue weighted by atomic mass is 10.1. The van der Waals surface area contributed by atoms with Gasteiger partial charge in [-0.05, 0) is 44.9 Å². The molecule has 1 atom stereocenters. The maximum atomic E-state index is 11.7. The van der Waals surface area contributed by atoms with Crippen molar-refractivity contribution in [2.75, 3.05) is 19.6 Å². The Morgan fingerprint density at radius 2 is 2.12 bits per heavy atom. The summed E-state index contributed by atoms with van der Waals surface area (Å²) in [5.74, 6) is 0.546. The summed E-state index contributed by atoms with van der Waals surface area (Å²) >= 11 is 0. The van der Waals surface area contributed by atoms with Gasteiger partial charge in [-0.1, -0.05) is 29.8 Å². The van der Waals surface area contributed by atoms with Gasteiger partial charge in [0, 0.05) is 31.1 Å². The molecule has 1 amide bonds. The zero-order valence-corrected chi connectivity index (χ0v) is 14.5. The molecule has 0 spiro atoms. The van der Waals surface area contributed by atoms with E-state index in [1.165, 1.54) is 5.39 Å². The molecule has 4 nitrogen and oxygen atoms in total. The molecule has 0 aliphatic carbocycles. The number of fused-ring (bicyclic) bond motifs is 1.